The quantitative estimate of drug-likeness (QED) is 0.415. The lowest BCUT2D eigenvalue weighted by molar-refractivity contribution is 0.0992. The van der Waals surface area contributed by atoms with Crippen molar-refractivity contribution in [2.24, 2.45) is 0 Å². The lowest BCUT2D eigenvalue weighted by Gasteiger charge is -2.06. The van der Waals surface area contributed by atoms with Crippen LogP contribution in [0.5, 0.6) is 5.75 Å². The Hall–Kier alpha value is -3.58. The van der Waals surface area contributed by atoms with E-state index in [0.29, 0.717) is 23.7 Å². The normalized spacial score (nSPS) is 10.8. The number of nitrogens with one attached hydrogen (secondary N) is 1. The third-order valence-corrected chi connectivity index (χ3v) is 4.80. The summed E-state index contributed by atoms with van der Waals surface area (Å²) < 4.78 is 25.9. The monoisotopic (exact) mass is 439 g/mol. The molecule has 8 heteroatoms. The van der Waals surface area contributed by atoms with Crippen LogP contribution in [0.15, 0.2) is 71.4 Å². The molecule has 158 valence electrons. The summed E-state index contributed by atoms with van der Waals surface area (Å²) in [4.78, 5) is 12.5. The number of nitrogens with zero attached hydrogens (tertiary/aromatic N) is 2. The zero-order valence-corrected chi connectivity index (χ0v) is 17.4. The number of anilines is 1. The Morgan fingerprint density at radius 2 is 2.00 bits per heavy atom. The second-order valence-corrected chi connectivity index (χ2v) is 7.40. The first-order valence-electron chi connectivity index (χ1n) is 9.52. The molecule has 31 heavy (non-hydrogen) atoms. The molecule has 0 aliphatic carbocycles. The van der Waals surface area contributed by atoms with Gasteiger partial charge in [-0.2, -0.15) is 5.10 Å². The summed E-state index contributed by atoms with van der Waals surface area (Å²) in [7, 11) is 0. The topological polar surface area (TPSA) is 69.3 Å². The van der Waals surface area contributed by atoms with Gasteiger partial charge in [0.05, 0.1) is 23.5 Å². The van der Waals surface area contributed by atoms with E-state index in [1.807, 2.05) is 31.2 Å². The van der Waals surface area contributed by atoms with E-state index in [-0.39, 0.29) is 17.4 Å². The predicted molar refractivity (Wildman–Crippen MR) is 115 cm³/mol. The van der Waals surface area contributed by atoms with Crippen LogP contribution in [-0.2, 0) is 13.2 Å². The first kappa shape index (κ1) is 20.7. The highest BCUT2D eigenvalue weighted by molar-refractivity contribution is 6.32. The molecule has 0 spiro atoms. The Kier molecular flexibility index (Phi) is 6.04. The van der Waals surface area contributed by atoms with Gasteiger partial charge in [-0.1, -0.05) is 41.4 Å². The van der Waals surface area contributed by atoms with Crippen molar-refractivity contribution in [3.8, 4) is 5.75 Å². The maximum atomic E-state index is 13.1. The van der Waals surface area contributed by atoms with Crippen LogP contribution >= 0.6 is 11.6 Å². The van der Waals surface area contributed by atoms with Crippen LogP contribution in [-0.4, -0.2) is 15.7 Å². The van der Waals surface area contributed by atoms with Crippen molar-refractivity contribution in [3.05, 3.63) is 100 Å². The fourth-order valence-electron chi connectivity index (χ4n) is 2.91. The molecule has 6 nitrogen and oxygen atoms in total. The van der Waals surface area contributed by atoms with Gasteiger partial charge in [0.2, 0.25) is 0 Å². The van der Waals surface area contributed by atoms with Crippen LogP contribution in [0.2, 0.25) is 5.02 Å². The summed E-state index contributed by atoms with van der Waals surface area (Å²) in [6.45, 7) is 2.69. The van der Waals surface area contributed by atoms with Crippen LogP contribution in [0.25, 0.3) is 0 Å². The van der Waals surface area contributed by atoms with E-state index >= 15 is 0 Å². The van der Waals surface area contributed by atoms with E-state index in [4.69, 9.17) is 20.8 Å². The lowest BCUT2D eigenvalue weighted by Crippen LogP contribution is -2.10. The van der Waals surface area contributed by atoms with Gasteiger partial charge in [0, 0.05) is 6.20 Å². The zero-order chi connectivity index (χ0) is 21.8. The van der Waals surface area contributed by atoms with Gasteiger partial charge in [-0.05, 0) is 42.8 Å². The van der Waals surface area contributed by atoms with Crippen molar-refractivity contribution in [1.29, 1.82) is 0 Å². The first-order valence-corrected chi connectivity index (χ1v) is 9.90. The van der Waals surface area contributed by atoms with E-state index in [2.05, 4.69) is 10.4 Å². The Morgan fingerprint density at radius 3 is 2.77 bits per heavy atom. The van der Waals surface area contributed by atoms with E-state index in [1.165, 1.54) is 17.7 Å². The number of hydrogen-bond acceptors (Lipinski definition) is 4. The molecule has 0 atom stereocenters. The molecule has 0 bridgehead atoms. The molecule has 0 radical (unpaired) electrons. The Bertz CT molecular complexity index is 1200. The molecule has 0 aliphatic heterocycles. The molecule has 2 aromatic heterocycles. The largest absolute Gasteiger partial charge is 0.484 e. The van der Waals surface area contributed by atoms with Gasteiger partial charge < -0.3 is 14.5 Å². The molecule has 2 aromatic carbocycles. The Morgan fingerprint density at radius 1 is 1.19 bits per heavy atom. The summed E-state index contributed by atoms with van der Waals surface area (Å²) in [6.07, 6.45) is 3.33. The summed E-state index contributed by atoms with van der Waals surface area (Å²) in [5.74, 6) is 0.0413. The third-order valence-electron chi connectivity index (χ3n) is 4.51. The van der Waals surface area contributed by atoms with Crippen molar-refractivity contribution >= 4 is 23.2 Å². The molecule has 2 heterocycles. The maximum Gasteiger partial charge on any atom is 0.291 e. The van der Waals surface area contributed by atoms with E-state index in [1.54, 1.807) is 29.2 Å². The fourth-order valence-corrected chi connectivity index (χ4v) is 3.13. The number of carbonyl (C=O) groups is 1. The molecule has 0 saturated carbocycles. The van der Waals surface area contributed by atoms with Gasteiger partial charge in [-0.25, -0.2) is 4.39 Å². The highest BCUT2D eigenvalue weighted by Gasteiger charge is 2.13. The first-order chi connectivity index (χ1) is 15.0. The molecule has 0 aliphatic rings. The summed E-state index contributed by atoms with van der Waals surface area (Å²) >= 11 is 5.93. The average molecular weight is 440 g/mol. The van der Waals surface area contributed by atoms with Crippen LogP contribution in [0, 0.1) is 12.7 Å². The second-order valence-electron chi connectivity index (χ2n) is 7.00. The number of furan rings is 1. The summed E-state index contributed by atoms with van der Waals surface area (Å²) in [5, 5.41) is 7.19. The number of hydrogen-bond donors (Lipinski definition) is 1. The van der Waals surface area contributed by atoms with Crippen LogP contribution < -0.4 is 10.1 Å². The standard InChI is InChI=1S/C23H19ClFN3O3/c1-15-2-4-16(5-3-15)12-28-13-18(11-26-28)27-23(29)22-9-7-19(31-22)14-30-21-8-6-17(25)10-20(21)24/h2-11,13H,12,14H2,1H3,(H,27,29). The minimum Gasteiger partial charge on any atom is -0.484 e. The van der Waals surface area contributed by atoms with Crippen molar-refractivity contribution in [2.45, 2.75) is 20.1 Å². The number of aromatic nitrogens is 2. The minimum absolute atomic E-state index is 0.0487. The van der Waals surface area contributed by atoms with Crippen molar-refractivity contribution < 1.29 is 18.3 Å². The van der Waals surface area contributed by atoms with Crippen molar-refractivity contribution in [1.82, 2.24) is 9.78 Å². The van der Waals surface area contributed by atoms with E-state index in [0.717, 1.165) is 11.6 Å². The number of halogens is 2. The number of benzene rings is 2. The number of amides is 1. The smallest absolute Gasteiger partial charge is 0.291 e. The Balaban J connectivity index is 1.33. The third kappa shape index (κ3) is 5.32. The number of rotatable bonds is 7. The molecular formula is C23H19ClFN3O3. The highest BCUT2D eigenvalue weighted by Crippen LogP contribution is 2.26. The number of ether oxygens (including phenoxy) is 1. The van der Waals surface area contributed by atoms with Crippen LogP contribution in [0.1, 0.15) is 27.4 Å². The van der Waals surface area contributed by atoms with Gasteiger partial charge in [0.1, 0.15) is 23.9 Å². The van der Waals surface area contributed by atoms with Gasteiger partial charge in [-0.15, -0.1) is 0 Å². The number of aryl methyl sites for hydroxylation is 1. The highest BCUT2D eigenvalue weighted by atomic mass is 35.5. The second kappa shape index (κ2) is 9.06. The van der Waals surface area contributed by atoms with Crippen LogP contribution in [0.4, 0.5) is 10.1 Å². The van der Waals surface area contributed by atoms with Crippen molar-refractivity contribution in [2.75, 3.05) is 5.32 Å². The summed E-state index contributed by atoms with van der Waals surface area (Å²) in [6, 6.07) is 15.2. The van der Waals surface area contributed by atoms with Gasteiger partial charge in [0.25, 0.3) is 5.91 Å². The molecule has 0 fully saturated rings. The minimum atomic E-state index is -0.448. The maximum absolute atomic E-state index is 13.1. The molecule has 4 rings (SSSR count). The zero-order valence-electron chi connectivity index (χ0n) is 16.6. The molecule has 1 amide bonds. The van der Waals surface area contributed by atoms with E-state index < -0.39 is 11.7 Å². The van der Waals surface area contributed by atoms with Gasteiger partial charge in [0.15, 0.2) is 5.76 Å². The summed E-state index contributed by atoms with van der Waals surface area (Å²) in [5.41, 5.74) is 2.87. The van der Waals surface area contributed by atoms with E-state index in [9.17, 15) is 9.18 Å². The Labute approximate surface area is 183 Å². The predicted octanol–water partition coefficient (Wildman–Crippen LogP) is 5.46. The van der Waals surface area contributed by atoms with Crippen LogP contribution in [0.3, 0.4) is 0 Å². The molecule has 0 saturated heterocycles. The fraction of sp³-hybridized carbons (Fsp3) is 0.130. The van der Waals surface area contributed by atoms with Crippen molar-refractivity contribution in [3.63, 3.8) is 0 Å². The SMILES string of the molecule is Cc1ccc(Cn2cc(NC(=O)c3ccc(COc4ccc(F)cc4Cl)o3)cn2)cc1. The average Bonchev–Trinajstić information content (AvgIpc) is 3.39. The number of carbonyl (C=O) groups excluding carboxylic acids is 1. The van der Waals surface area contributed by atoms with Gasteiger partial charge >= 0.3 is 0 Å². The molecular weight excluding hydrogens is 421 g/mol. The van der Waals surface area contributed by atoms with Gasteiger partial charge in [-0.3, -0.25) is 9.48 Å². The molecule has 4 aromatic rings. The lowest BCUT2D eigenvalue weighted by atomic mass is 10.1. The molecule has 0 unspecified atom stereocenters. The molecule has 1 N–H and O–H groups in total.